The van der Waals surface area contributed by atoms with E-state index in [1.54, 1.807) is 66.7 Å². The van der Waals surface area contributed by atoms with Crippen molar-refractivity contribution in [3.63, 3.8) is 0 Å². The highest BCUT2D eigenvalue weighted by Crippen LogP contribution is 2.30. The van der Waals surface area contributed by atoms with Crippen molar-refractivity contribution in [1.82, 2.24) is 0 Å². The van der Waals surface area contributed by atoms with Crippen LogP contribution in [0.2, 0.25) is 0 Å². The van der Waals surface area contributed by atoms with Gasteiger partial charge in [-0.05, 0) is 52.6 Å². The fraction of sp³-hybridized carbons (Fsp3) is 0.0741. The third-order valence-corrected chi connectivity index (χ3v) is 5.55. The monoisotopic (exact) mass is 462 g/mol. The van der Waals surface area contributed by atoms with Crippen LogP contribution < -0.4 is 4.74 Å². The molecule has 1 unspecified atom stereocenters. The first kappa shape index (κ1) is 22.7. The van der Waals surface area contributed by atoms with Gasteiger partial charge in [0.05, 0.1) is 0 Å². The molecule has 0 saturated heterocycles. The van der Waals surface area contributed by atoms with E-state index in [-0.39, 0.29) is 12.4 Å². The minimum atomic E-state index is -1.27. The smallest absolute Gasteiger partial charge is 0.195 e. The molecule has 0 aliphatic rings. The molecule has 0 heterocycles. The standard InChI is InChI=1S/C27H20F2O3S/c28-23-14-22(25(33)15-24(23)29)18-9-11-21(12-10-18)32-16-17-5-4-8-20(13-17)27(31)26(30)19-6-2-1-3-7-19/h1-15,27,31,33H,16H2. The SMILES string of the molecule is O=C(c1ccccc1)C(O)c1cccc(COc2ccc(-c3cc(F)c(F)cc3S)cc2)c1. The second kappa shape index (κ2) is 9.98. The lowest BCUT2D eigenvalue weighted by atomic mass is 9.99. The van der Waals surface area contributed by atoms with E-state index < -0.39 is 17.7 Å². The molecular weight excluding hydrogens is 442 g/mol. The molecule has 0 fully saturated rings. The van der Waals surface area contributed by atoms with Crippen molar-refractivity contribution in [2.45, 2.75) is 17.6 Å². The molecule has 0 saturated carbocycles. The average molecular weight is 463 g/mol. The second-order valence-electron chi connectivity index (χ2n) is 7.47. The zero-order valence-corrected chi connectivity index (χ0v) is 18.3. The zero-order valence-electron chi connectivity index (χ0n) is 17.4. The van der Waals surface area contributed by atoms with E-state index in [2.05, 4.69) is 12.6 Å². The number of ketones is 1. The van der Waals surface area contributed by atoms with Crippen molar-refractivity contribution in [3.8, 4) is 16.9 Å². The Bertz CT molecular complexity index is 1270. The Hall–Kier alpha value is -3.48. The molecule has 0 radical (unpaired) electrons. The van der Waals surface area contributed by atoms with Gasteiger partial charge < -0.3 is 9.84 Å². The summed E-state index contributed by atoms with van der Waals surface area (Å²) in [6, 6.07) is 24.7. The Morgan fingerprint density at radius 1 is 0.879 bits per heavy atom. The van der Waals surface area contributed by atoms with Crippen LogP contribution in [0.1, 0.15) is 27.6 Å². The molecule has 4 aromatic carbocycles. The highest BCUT2D eigenvalue weighted by atomic mass is 32.1. The Balaban J connectivity index is 1.44. The number of ether oxygens (including phenoxy) is 1. The minimum absolute atomic E-state index is 0.225. The number of carbonyl (C=O) groups excluding carboxylic acids is 1. The van der Waals surface area contributed by atoms with Gasteiger partial charge in [0.15, 0.2) is 17.4 Å². The molecule has 6 heteroatoms. The Labute approximate surface area is 195 Å². The van der Waals surface area contributed by atoms with Crippen LogP contribution in [0.15, 0.2) is 95.9 Å². The third kappa shape index (κ3) is 5.30. The number of halogens is 2. The largest absolute Gasteiger partial charge is 0.489 e. The summed E-state index contributed by atoms with van der Waals surface area (Å²) in [6.07, 6.45) is -1.27. The topological polar surface area (TPSA) is 46.5 Å². The molecule has 0 aliphatic heterocycles. The molecule has 0 bridgehead atoms. The number of carbonyl (C=O) groups is 1. The number of Topliss-reactive ketones (excluding diaryl/α,β-unsaturated/α-hetero) is 1. The van der Waals surface area contributed by atoms with E-state index >= 15 is 0 Å². The van der Waals surface area contributed by atoms with Crippen molar-refractivity contribution >= 4 is 18.4 Å². The molecule has 3 nitrogen and oxygen atoms in total. The van der Waals surface area contributed by atoms with Crippen LogP contribution in [0, 0.1) is 11.6 Å². The first-order valence-corrected chi connectivity index (χ1v) is 10.6. The van der Waals surface area contributed by atoms with Gasteiger partial charge in [0.2, 0.25) is 0 Å². The highest BCUT2D eigenvalue weighted by molar-refractivity contribution is 7.80. The van der Waals surface area contributed by atoms with Crippen LogP contribution in [0.3, 0.4) is 0 Å². The maximum Gasteiger partial charge on any atom is 0.195 e. The van der Waals surface area contributed by atoms with Crippen LogP contribution in [-0.4, -0.2) is 10.9 Å². The number of aliphatic hydroxyl groups excluding tert-OH is 1. The molecule has 33 heavy (non-hydrogen) atoms. The van der Waals surface area contributed by atoms with Crippen molar-refractivity contribution in [3.05, 3.63) is 119 Å². The Morgan fingerprint density at radius 2 is 1.58 bits per heavy atom. The van der Waals surface area contributed by atoms with E-state index in [9.17, 15) is 18.7 Å². The van der Waals surface area contributed by atoms with Gasteiger partial charge in [-0.3, -0.25) is 4.79 Å². The average Bonchev–Trinajstić information content (AvgIpc) is 2.85. The highest BCUT2D eigenvalue weighted by Gasteiger charge is 2.19. The van der Waals surface area contributed by atoms with Crippen molar-refractivity contribution in [2.75, 3.05) is 0 Å². The second-order valence-corrected chi connectivity index (χ2v) is 7.96. The molecule has 166 valence electrons. The maximum atomic E-state index is 13.6. The Morgan fingerprint density at radius 3 is 2.30 bits per heavy atom. The summed E-state index contributed by atoms with van der Waals surface area (Å²) in [5.74, 6) is -1.67. The van der Waals surface area contributed by atoms with Gasteiger partial charge in [0.1, 0.15) is 18.5 Å². The van der Waals surface area contributed by atoms with Gasteiger partial charge in [-0.15, -0.1) is 12.6 Å². The fourth-order valence-electron chi connectivity index (χ4n) is 3.43. The van der Waals surface area contributed by atoms with Gasteiger partial charge in [0.25, 0.3) is 0 Å². The summed E-state index contributed by atoms with van der Waals surface area (Å²) >= 11 is 4.22. The molecule has 0 aliphatic carbocycles. The minimum Gasteiger partial charge on any atom is -0.489 e. The summed E-state index contributed by atoms with van der Waals surface area (Å²) in [5, 5.41) is 10.5. The van der Waals surface area contributed by atoms with E-state index in [1.165, 1.54) is 0 Å². The molecule has 0 aromatic heterocycles. The van der Waals surface area contributed by atoms with Gasteiger partial charge in [-0.1, -0.05) is 60.7 Å². The van der Waals surface area contributed by atoms with Crippen molar-refractivity contribution < 1.29 is 23.4 Å². The number of hydrogen-bond donors (Lipinski definition) is 2. The summed E-state index contributed by atoms with van der Waals surface area (Å²) in [5.41, 5.74) is 2.87. The van der Waals surface area contributed by atoms with Gasteiger partial charge in [-0.2, -0.15) is 0 Å². The molecule has 1 atom stereocenters. The lowest BCUT2D eigenvalue weighted by Crippen LogP contribution is -2.12. The van der Waals surface area contributed by atoms with Gasteiger partial charge in [0, 0.05) is 10.5 Å². The summed E-state index contributed by atoms with van der Waals surface area (Å²) in [7, 11) is 0. The molecule has 4 rings (SSSR count). The number of hydrogen-bond acceptors (Lipinski definition) is 4. The van der Waals surface area contributed by atoms with Gasteiger partial charge >= 0.3 is 0 Å². The van der Waals surface area contributed by atoms with E-state index in [4.69, 9.17) is 4.74 Å². The van der Waals surface area contributed by atoms with Crippen LogP contribution >= 0.6 is 12.6 Å². The summed E-state index contributed by atoms with van der Waals surface area (Å²) < 4.78 is 32.7. The lowest BCUT2D eigenvalue weighted by Gasteiger charge is -2.13. The van der Waals surface area contributed by atoms with Gasteiger partial charge in [-0.25, -0.2) is 8.78 Å². The molecule has 0 spiro atoms. The number of benzene rings is 4. The molecular formula is C27H20F2O3S. The summed E-state index contributed by atoms with van der Waals surface area (Å²) in [4.78, 5) is 12.9. The van der Waals surface area contributed by atoms with Crippen molar-refractivity contribution in [2.24, 2.45) is 0 Å². The van der Waals surface area contributed by atoms with E-state index in [0.29, 0.717) is 32.9 Å². The lowest BCUT2D eigenvalue weighted by molar-refractivity contribution is 0.0747. The molecule has 1 N–H and O–H groups in total. The van der Waals surface area contributed by atoms with Crippen LogP contribution in [0.4, 0.5) is 8.78 Å². The van der Waals surface area contributed by atoms with Crippen molar-refractivity contribution in [1.29, 1.82) is 0 Å². The first-order valence-electron chi connectivity index (χ1n) is 10.2. The quantitative estimate of drug-likeness (QED) is 0.246. The molecule has 4 aromatic rings. The predicted octanol–water partition coefficient (Wildman–Crippen LogP) is 6.42. The zero-order chi connectivity index (χ0) is 23.4. The van der Waals surface area contributed by atoms with Crippen LogP contribution in [0.5, 0.6) is 5.75 Å². The van der Waals surface area contributed by atoms with Crippen LogP contribution in [-0.2, 0) is 6.61 Å². The van der Waals surface area contributed by atoms with E-state index in [1.807, 2.05) is 12.1 Å². The number of thiol groups is 1. The molecule has 0 amide bonds. The predicted molar refractivity (Wildman–Crippen MR) is 126 cm³/mol. The Kier molecular flexibility index (Phi) is 6.87. The fourth-order valence-corrected chi connectivity index (χ4v) is 3.74. The normalized spacial score (nSPS) is 11.8. The summed E-state index contributed by atoms with van der Waals surface area (Å²) in [6.45, 7) is 0.225. The van der Waals surface area contributed by atoms with E-state index in [0.717, 1.165) is 17.7 Å². The first-order chi connectivity index (χ1) is 15.9. The maximum absolute atomic E-state index is 13.6. The van der Waals surface area contributed by atoms with Crippen LogP contribution in [0.25, 0.3) is 11.1 Å². The number of aliphatic hydroxyl groups is 1. The number of rotatable bonds is 7. The third-order valence-electron chi connectivity index (χ3n) is 5.18.